The van der Waals surface area contributed by atoms with Crippen molar-refractivity contribution in [1.29, 1.82) is 0 Å². The van der Waals surface area contributed by atoms with Gasteiger partial charge in [0.05, 0.1) is 16.6 Å². The molecule has 0 radical (unpaired) electrons. The zero-order valence-electron chi connectivity index (χ0n) is 17.3. The summed E-state index contributed by atoms with van der Waals surface area (Å²) < 4.78 is 6.90. The summed E-state index contributed by atoms with van der Waals surface area (Å²) in [6, 6.07) is 16.1. The number of benzene rings is 2. The summed E-state index contributed by atoms with van der Waals surface area (Å²) in [6.45, 7) is 5.88. The minimum absolute atomic E-state index is 0.0345. The zero-order valence-corrected chi connectivity index (χ0v) is 17.3. The molecule has 3 aromatic rings. The summed E-state index contributed by atoms with van der Waals surface area (Å²) >= 11 is 0. The van der Waals surface area contributed by atoms with Gasteiger partial charge in [-0.3, -0.25) is 0 Å². The number of hydrogen-bond acceptors (Lipinski definition) is 3. The van der Waals surface area contributed by atoms with E-state index in [1.807, 2.05) is 0 Å². The van der Waals surface area contributed by atoms with Crippen LogP contribution in [-0.4, -0.2) is 29.5 Å². The summed E-state index contributed by atoms with van der Waals surface area (Å²) in [5.41, 5.74) is 8.17. The molecule has 0 saturated carbocycles. The van der Waals surface area contributed by atoms with E-state index in [1.165, 1.54) is 33.3 Å². The van der Waals surface area contributed by atoms with E-state index in [4.69, 9.17) is 9.72 Å². The molecule has 3 nitrogen and oxygen atoms in total. The van der Waals surface area contributed by atoms with Gasteiger partial charge in [-0.05, 0) is 68.6 Å². The van der Waals surface area contributed by atoms with E-state index in [2.05, 4.69) is 68.3 Å². The van der Waals surface area contributed by atoms with Crippen LogP contribution in [0.2, 0.25) is 0 Å². The Kier molecular flexibility index (Phi) is 2.84. The van der Waals surface area contributed by atoms with Gasteiger partial charge in [-0.2, -0.15) is 0 Å². The first-order valence-electron chi connectivity index (χ1n) is 10.9. The third-order valence-electron chi connectivity index (χ3n) is 8.77. The highest BCUT2D eigenvalue weighted by molar-refractivity contribution is 5.80. The predicted octanol–water partition coefficient (Wildman–Crippen LogP) is 4.74. The average Bonchev–Trinajstić information content (AvgIpc) is 3.07. The van der Waals surface area contributed by atoms with Crippen molar-refractivity contribution in [2.45, 2.75) is 50.7 Å². The van der Waals surface area contributed by atoms with Gasteiger partial charge >= 0.3 is 0 Å². The van der Waals surface area contributed by atoms with Crippen molar-refractivity contribution >= 4 is 10.9 Å². The van der Waals surface area contributed by atoms with E-state index in [1.54, 1.807) is 0 Å². The fourth-order valence-electron chi connectivity index (χ4n) is 7.40. The molecule has 4 atom stereocenters. The van der Waals surface area contributed by atoms with Gasteiger partial charge < -0.3 is 9.64 Å². The molecule has 2 aliphatic heterocycles. The van der Waals surface area contributed by atoms with Crippen molar-refractivity contribution in [3.63, 3.8) is 0 Å². The number of ether oxygens (including phenoxy) is 1. The Morgan fingerprint density at radius 1 is 1.14 bits per heavy atom. The topological polar surface area (TPSA) is 25.4 Å². The normalized spacial score (nSPS) is 33.9. The maximum absolute atomic E-state index is 6.90. The number of piperidine rings is 1. The van der Waals surface area contributed by atoms with Gasteiger partial charge in [0.2, 0.25) is 0 Å². The number of aryl methyl sites for hydroxylation is 1. The lowest BCUT2D eigenvalue weighted by atomic mass is 9.44. The van der Waals surface area contributed by atoms with Crippen LogP contribution in [0.1, 0.15) is 47.4 Å². The van der Waals surface area contributed by atoms with Crippen LogP contribution in [0.3, 0.4) is 0 Å². The number of para-hydroxylation sites is 1. The Bertz CT molecular complexity index is 1220. The molecule has 29 heavy (non-hydrogen) atoms. The molecule has 1 aromatic heterocycles. The lowest BCUT2D eigenvalue weighted by molar-refractivity contribution is -0.0909. The second kappa shape index (κ2) is 5.02. The molecular formula is C26H26N2O. The summed E-state index contributed by atoms with van der Waals surface area (Å²) in [6.07, 6.45) is 3.40. The first-order valence-corrected chi connectivity index (χ1v) is 10.9. The standard InChI is InChI=1S/C26H26N2O/c1-15-8-9-17-13-20-25(2)14-18-12-16-6-4-5-7-19(16)27-22(18)24-26(25,10-11-28(20)3)21(17)23(15)29-24/h4-9,12,20,24H,10-11,13-14H2,1-3H3/t20-,24+,25+,26+/m1/s1. The third-order valence-corrected chi connectivity index (χ3v) is 8.77. The van der Waals surface area contributed by atoms with E-state index in [0.29, 0.717) is 6.04 Å². The van der Waals surface area contributed by atoms with Crippen LogP contribution < -0.4 is 4.74 Å². The number of rotatable bonds is 0. The number of likely N-dealkylation sites (N-methyl/N-ethyl adjacent to an activating group) is 1. The van der Waals surface area contributed by atoms with Crippen molar-refractivity contribution in [1.82, 2.24) is 9.88 Å². The lowest BCUT2D eigenvalue weighted by Crippen LogP contribution is -2.68. The van der Waals surface area contributed by atoms with Gasteiger partial charge in [0.15, 0.2) is 6.10 Å². The minimum atomic E-state index is 0.0345. The number of aromatic nitrogens is 1. The van der Waals surface area contributed by atoms with Gasteiger partial charge in [-0.1, -0.05) is 37.3 Å². The SMILES string of the molecule is Cc1ccc2c3c1O[C@H]1c4nc5ccccc5cc4C[C@@]4(C)[C@@H](C2)N(C)CC[C@]314. The number of likely N-dealkylation sites (tertiary alicyclic amines) is 1. The van der Waals surface area contributed by atoms with Crippen LogP contribution >= 0.6 is 0 Å². The summed E-state index contributed by atoms with van der Waals surface area (Å²) in [7, 11) is 2.32. The lowest BCUT2D eigenvalue weighted by Gasteiger charge is -2.64. The molecule has 2 aromatic carbocycles. The fraction of sp³-hybridized carbons (Fsp3) is 0.423. The van der Waals surface area contributed by atoms with Gasteiger partial charge in [0.1, 0.15) is 5.75 Å². The first kappa shape index (κ1) is 16.4. The highest BCUT2D eigenvalue weighted by Crippen LogP contribution is 2.70. The summed E-state index contributed by atoms with van der Waals surface area (Å²) in [4.78, 5) is 7.83. The zero-order chi connectivity index (χ0) is 19.5. The first-order chi connectivity index (χ1) is 14.0. The highest BCUT2D eigenvalue weighted by Gasteiger charge is 2.70. The molecule has 146 valence electrons. The van der Waals surface area contributed by atoms with E-state index in [-0.39, 0.29) is 16.9 Å². The molecule has 1 spiro atoms. The Labute approximate surface area is 171 Å². The molecule has 0 amide bonds. The molecule has 3 heterocycles. The van der Waals surface area contributed by atoms with Crippen LogP contribution in [0, 0.1) is 12.3 Å². The summed E-state index contributed by atoms with van der Waals surface area (Å²) in [5.74, 6) is 1.16. The number of fused-ring (bicyclic) bond motifs is 3. The Morgan fingerprint density at radius 2 is 2.00 bits per heavy atom. The minimum Gasteiger partial charge on any atom is -0.483 e. The maximum Gasteiger partial charge on any atom is 0.151 e. The van der Waals surface area contributed by atoms with Gasteiger partial charge in [-0.25, -0.2) is 4.98 Å². The Balaban J connectivity index is 1.59. The molecule has 3 heteroatoms. The number of nitrogens with zero attached hydrogens (tertiary/aromatic N) is 2. The molecule has 4 aliphatic rings. The van der Waals surface area contributed by atoms with Crippen molar-refractivity contribution < 1.29 is 4.74 Å². The molecule has 0 N–H and O–H groups in total. The highest BCUT2D eigenvalue weighted by atomic mass is 16.5. The van der Waals surface area contributed by atoms with Gasteiger partial charge in [0, 0.05) is 22.4 Å². The van der Waals surface area contributed by atoms with Crippen molar-refractivity contribution in [3.8, 4) is 5.75 Å². The van der Waals surface area contributed by atoms with E-state index < -0.39 is 0 Å². The smallest absolute Gasteiger partial charge is 0.151 e. The van der Waals surface area contributed by atoms with Crippen LogP contribution in [0.5, 0.6) is 5.75 Å². The van der Waals surface area contributed by atoms with E-state index >= 15 is 0 Å². The van der Waals surface area contributed by atoms with E-state index in [9.17, 15) is 0 Å². The molecule has 1 saturated heterocycles. The van der Waals surface area contributed by atoms with Crippen LogP contribution in [-0.2, 0) is 18.3 Å². The number of hydrogen-bond donors (Lipinski definition) is 0. The molecule has 1 fully saturated rings. The Morgan fingerprint density at radius 3 is 2.90 bits per heavy atom. The molecule has 2 bridgehead atoms. The average molecular weight is 383 g/mol. The van der Waals surface area contributed by atoms with Crippen LogP contribution in [0.4, 0.5) is 0 Å². The van der Waals surface area contributed by atoms with Crippen LogP contribution in [0.15, 0.2) is 42.5 Å². The second-order valence-electron chi connectivity index (χ2n) is 9.99. The summed E-state index contributed by atoms with van der Waals surface area (Å²) in [5, 5.41) is 1.24. The molecule has 0 unspecified atom stereocenters. The molecule has 7 rings (SSSR count). The van der Waals surface area contributed by atoms with Gasteiger partial charge in [0.25, 0.3) is 0 Å². The molecular weight excluding hydrogens is 356 g/mol. The largest absolute Gasteiger partial charge is 0.483 e. The Hall–Kier alpha value is -2.39. The second-order valence-corrected chi connectivity index (χ2v) is 9.99. The van der Waals surface area contributed by atoms with Crippen LogP contribution in [0.25, 0.3) is 10.9 Å². The predicted molar refractivity (Wildman–Crippen MR) is 115 cm³/mol. The molecule has 2 aliphatic carbocycles. The fourth-order valence-corrected chi connectivity index (χ4v) is 7.40. The van der Waals surface area contributed by atoms with Gasteiger partial charge in [-0.15, -0.1) is 0 Å². The van der Waals surface area contributed by atoms with Crippen molar-refractivity contribution in [3.05, 3.63) is 70.4 Å². The maximum atomic E-state index is 6.90. The van der Waals surface area contributed by atoms with Crippen molar-refractivity contribution in [2.24, 2.45) is 5.41 Å². The number of pyridine rings is 1. The monoisotopic (exact) mass is 382 g/mol. The van der Waals surface area contributed by atoms with Crippen molar-refractivity contribution in [2.75, 3.05) is 13.6 Å². The third kappa shape index (κ3) is 1.70. The quantitative estimate of drug-likeness (QED) is 0.562. The van der Waals surface area contributed by atoms with E-state index in [0.717, 1.165) is 37.1 Å².